The molecule has 0 atom stereocenters. The van der Waals surface area contributed by atoms with Gasteiger partial charge in [0, 0.05) is 17.6 Å². The molecule has 0 bridgehead atoms. The van der Waals surface area contributed by atoms with Crippen molar-refractivity contribution in [1.82, 2.24) is 9.78 Å². The Kier molecular flexibility index (Phi) is 5.93. The topological polar surface area (TPSA) is 64.0 Å². The van der Waals surface area contributed by atoms with Crippen LogP contribution < -0.4 is 10.9 Å². The molecule has 1 heterocycles. The summed E-state index contributed by atoms with van der Waals surface area (Å²) in [5.41, 5.74) is 3.15. The van der Waals surface area contributed by atoms with E-state index in [1.807, 2.05) is 44.2 Å². The second kappa shape index (κ2) is 8.38. The first-order valence-corrected chi connectivity index (χ1v) is 9.88. The van der Waals surface area contributed by atoms with E-state index < -0.39 is 0 Å². The minimum atomic E-state index is -0.288. The van der Waals surface area contributed by atoms with E-state index >= 15 is 0 Å². The van der Waals surface area contributed by atoms with E-state index in [0.29, 0.717) is 17.3 Å². The number of fused-ring (bicyclic) bond motifs is 1. The van der Waals surface area contributed by atoms with Crippen molar-refractivity contribution in [3.63, 3.8) is 0 Å². The lowest BCUT2D eigenvalue weighted by molar-refractivity contribution is 0.102. The molecule has 28 heavy (non-hydrogen) atoms. The predicted molar refractivity (Wildman–Crippen MR) is 114 cm³/mol. The molecule has 0 saturated carbocycles. The molecular weight excluding hydrogens is 350 g/mol. The number of nitrogens with zero attached hydrogens (tertiary/aromatic N) is 2. The Morgan fingerprint density at radius 2 is 1.61 bits per heavy atom. The SMILES string of the molecule is CCc1cccc(CC)c1NC(=O)c1nn(CC(C)C)c(=O)c2ccccc12. The van der Waals surface area contributed by atoms with Gasteiger partial charge in [0.05, 0.1) is 5.39 Å². The number of aryl methyl sites for hydroxylation is 2. The second-order valence-corrected chi connectivity index (χ2v) is 7.39. The van der Waals surface area contributed by atoms with Gasteiger partial charge in [-0.2, -0.15) is 5.10 Å². The van der Waals surface area contributed by atoms with E-state index in [1.54, 1.807) is 12.1 Å². The first-order chi connectivity index (χ1) is 13.5. The Labute approximate surface area is 165 Å². The van der Waals surface area contributed by atoms with Crippen molar-refractivity contribution in [2.24, 2.45) is 5.92 Å². The summed E-state index contributed by atoms with van der Waals surface area (Å²) in [6.45, 7) is 8.65. The Morgan fingerprint density at radius 3 is 2.18 bits per heavy atom. The maximum atomic E-state index is 13.2. The first kappa shape index (κ1) is 19.8. The zero-order valence-corrected chi connectivity index (χ0v) is 17.0. The minimum absolute atomic E-state index is 0.163. The Balaban J connectivity index is 2.12. The average molecular weight is 377 g/mol. The summed E-state index contributed by atoms with van der Waals surface area (Å²) < 4.78 is 1.41. The molecule has 5 heteroatoms. The van der Waals surface area contributed by atoms with Crippen LogP contribution in [0.4, 0.5) is 5.69 Å². The molecule has 0 spiro atoms. The Hall–Kier alpha value is -2.95. The van der Waals surface area contributed by atoms with Gasteiger partial charge in [-0.05, 0) is 36.0 Å². The lowest BCUT2D eigenvalue weighted by Gasteiger charge is -2.16. The number of amides is 1. The van der Waals surface area contributed by atoms with Gasteiger partial charge in [0.1, 0.15) is 0 Å². The van der Waals surface area contributed by atoms with Crippen molar-refractivity contribution in [3.05, 3.63) is 69.6 Å². The molecule has 1 N–H and O–H groups in total. The molecule has 0 saturated heterocycles. The van der Waals surface area contributed by atoms with Gasteiger partial charge in [-0.1, -0.05) is 64.1 Å². The summed E-state index contributed by atoms with van der Waals surface area (Å²) in [6.07, 6.45) is 1.65. The number of benzene rings is 2. The van der Waals surface area contributed by atoms with Crippen LogP contribution in [0.1, 0.15) is 49.3 Å². The quantitative estimate of drug-likeness (QED) is 0.691. The number of para-hydroxylation sites is 1. The van der Waals surface area contributed by atoms with Gasteiger partial charge in [0.25, 0.3) is 11.5 Å². The number of rotatable bonds is 6. The van der Waals surface area contributed by atoms with E-state index in [9.17, 15) is 9.59 Å². The summed E-state index contributed by atoms with van der Waals surface area (Å²) in [5, 5.41) is 8.61. The highest BCUT2D eigenvalue weighted by Gasteiger charge is 2.19. The Morgan fingerprint density at radius 1 is 1.00 bits per heavy atom. The highest BCUT2D eigenvalue weighted by molar-refractivity contribution is 6.11. The van der Waals surface area contributed by atoms with Crippen LogP contribution in [0.25, 0.3) is 10.8 Å². The van der Waals surface area contributed by atoms with Crippen LogP contribution in [-0.4, -0.2) is 15.7 Å². The zero-order chi connectivity index (χ0) is 20.3. The van der Waals surface area contributed by atoms with E-state index in [2.05, 4.69) is 24.3 Å². The average Bonchev–Trinajstić information content (AvgIpc) is 2.69. The van der Waals surface area contributed by atoms with Crippen molar-refractivity contribution < 1.29 is 4.79 Å². The van der Waals surface area contributed by atoms with Crippen molar-refractivity contribution in [2.45, 2.75) is 47.1 Å². The maximum absolute atomic E-state index is 13.2. The van der Waals surface area contributed by atoms with Crippen LogP contribution in [0.2, 0.25) is 0 Å². The van der Waals surface area contributed by atoms with Crippen molar-refractivity contribution in [2.75, 3.05) is 5.32 Å². The minimum Gasteiger partial charge on any atom is -0.320 e. The van der Waals surface area contributed by atoms with Crippen LogP contribution in [0.15, 0.2) is 47.3 Å². The van der Waals surface area contributed by atoms with E-state index in [-0.39, 0.29) is 23.1 Å². The number of nitrogens with one attached hydrogen (secondary N) is 1. The van der Waals surface area contributed by atoms with Gasteiger partial charge in [-0.15, -0.1) is 0 Å². The highest BCUT2D eigenvalue weighted by atomic mass is 16.2. The fourth-order valence-corrected chi connectivity index (χ4v) is 3.45. The lowest BCUT2D eigenvalue weighted by atomic mass is 10.0. The lowest BCUT2D eigenvalue weighted by Crippen LogP contribution is -2.29. The molecule has 0 aliphatic carbocycles. The summed E-state index contributed by atoms with van der Waals surface area (Å²) >= 11 is 0. The third-order valence-corrected chi connectivity index (χ3v) is 4.86. The molecule has 0 aliphatic rings. The summed E-state index contributed by atoms with van der Waals surface area (Å²) in [4.78, 5) is 26.0. The Bertz CT molecular complexity index is 1040. The van der Waals surface area contributed by atoms with Gasteiger partial charge >= 0.3 is 0 Å². The molecule has 1 aromatic heterocycles. The number of carbonyl (C=O) groups is 1. The zero-order valence-electron chi connectivity index (χ0n) is 17.0. The fraction of sp³-hybridized carbons (Fsp3) is 0.348. The van der Waals surface area contributed by atoms with Crippen molar-refractivity contribution in [1.29, 1.82) is 0 Å². The summed E-state index contributed by atoms with van der Waals surface area (Å²) in [5.74, 6) is -0.0425. The van der Waals surface area contributed by atoms with Gasteiger partial charge in [0.2, 0.25) is 0 Å². The smallest absolute Gasteiger partial charge is 0.276 e. The van der Waals surface area contributed by atoms with Crippen molar-refractivity contribution >= 4 is 22.4 Å². The number of hydrogen-bond acceptors (Lipinski definition) is 3. The molecule has 3 aromatic rings. The largest absolute Gasteiger partial charge is 0.320 e. The molecule has 0 radical (unpaired) electrons. The summed E-state index contributed by atoms with van der Waals surface area (Å²) in [6, 6.07) is 13.2. The maximum Gasteiger partial charge on any atom is 0.276 e. The van der Waals surface area contributed by atoms with E-state index in [0.717, 1.165) is 29.7 Å². The van der Waals surface area contributed by atoms with Crippen LogP contribution in [-0.2, 0) is 19.4 Å². The highest BCUT2D eigenvalue weighted by Crippen LogP contribution is 2.24. The van der Waals surface area contributed by atoms with Gasteiger partial charge < -0.3 is 5.32 Å². The molecule has 1 amide bonds. The molecule has 3 rings (SSSR count). The molecule has 146 valence electrons. The van der Waals surface area contributed by atoms with Crippen LogP contribution in [0.5, 0.6) is 0 Å². The molecule has 0 fully saturated rings. The van der Waals surface area contributed by atoms with Crippen LogP contribution in [0, 0.1) is 5.92 Å². The third kappa shape index (κ3) is 3.84. The summed E-state index contributed by atoms with van der Waals surface area (Å²) in [7, 11) is 0. The van der Waals surface area contributed by atoms with Crippen LogP contribution >= 0.6 is 0 Å². The number of anilines is 1. The third-order valence-electron chi connectivity index (χ3n) is 4.86. The fourth-order valence-electron chi connectivity index (χ4n) is 3.45. The van der Waals surface area contributed by atoms with Gasteiger partial charge in [-0.3, -0.25) is 9.59 Å². The number of aromatic nitrogens is 2. The standard InChI is InChI=1S/C23H27N3O2/c1-5-16-10-9-11-17(6-2)20(16)24-22(27)21-18-12-7-8-13-19(18)23(28)26(25-21)14-15(3)4/h7-13,15H,5-6,14H2,1-4H3,(H,24,27). The number of hydrogen-bond donors (Lipinski definition) is 1. The molecule has 2 aromatic carbocycles. The van der Waals surface area contributed by atoms with Crippen molar-refractivity contribution in [3.8, 4) is 0 Å². The normalized spacial score (nSPS) is 11.2. The van der Waals surface area contributed by atoms with E-state index in [4.69, 9.17) is 0 Å². The molecular formula is C23H27N3O2. The monoisotopic (exact) mass is 377 g/mol. The van der Waals surface area contributed by atoms with Gasteiger partial charge in [-0.25, -0.2) is 4.68 Å². The molecule has 0 unspecified atom stereocenters. The van der Waals surface area contributed by atoms with Gasteiger partial charge in [0.15, 0.2) is 5.69 Å². The predicted octanol–water partition coefficient (Wildman–Crippen LogP) is 4.43. The number of carbonyl (C=O) groups excluding carboxylic acids is 1. The van der Waals surface area contributed by atoms with E-state index in [1.165, 1.54) is 4.68 Å². The molecule has 0 aliphatic heterocycles. The second-order valence-electron chi connectivity index (χ2n) is 7.39. The van der Waals surface area contributed by atoms with Crippen LogP contribution in [0.3, 0.4) is 0 Å². The first-order valence-electron chi connectivity index (χ1n) is 9.88. The molecule has 5 nitrogen and oxygen atoms in total.